The number of aliphatic hydroxyl groups excluding tert-OH is 2. The van der Waals surface area contributed by atoms with Gasteiger partial charge in [0.25, 0.3) is 6.57 Å². The van der Waals surface area contributed by atoms with Gasteiger partial charge in [0.2, 0.25) is 0 Å². The van der Waals surface area contributed by atoms with Crippen molar-refractivity contribution in [1.82, 2.24) is 0 Å². The summed E-state index contributed by atoms with van der Waals surface area (Å²) in [5.74, 6) is -2.41. The number of benzene rings is 2. The predicted molar refractivity (Wildman–Crippen MR) is 105 cm³/mol. The minimum Gasteiger partial charge on any atom is -0.492 e. The molecule has 27 heavy (non-hydrogen) atoms. The number of carbonyl (C=O) groups excluding carboxylic acids is 1. The molecule has 1 unspecified atom stereocenters. The van der Waals surface area contributed by atoms with Crippen LogP contribution in [0.2, 0.25) is 0 Å². The molecule has 2 rings (SSSR count). The molecule has 0 bridgehead atoms. The number of aliphatic hydroxyl groups is 2. The van der Waals surface area contributed by atoms with Crippen LogP contribution in [0.4, 0.5) is 20.2 Å². The molecule has 1 amide bonds. The molecule has 3 N–H and O–H groups in total. The quantitative estimate of drug-likeness (QED) is 0.495. The first-order valence-electron chi connectivity index (χ1n) is 7.78. The molecule has 2 aromatic rings. The zero-order valence-electron chi connectivity index (χ0n) is 14.0. The zero-order chi connectivity index (χ0) is 20.0. The van der Waals surface area contributed by atoms with Crippen molar-refractivity contribution in [2.24, 2.45) is 0 Å². The molecule has 0 heterocycles. The summed E-state index contributed by atoms with van der Waals surface area (Å²) in [5.41, 5.74) is -0.240. The molecule has 6 nitrogen and oxygen atoms in total. The van der Waals surface area contributed by atoms with E-state index in [0.29, 0.717) is 3.57 Å². The molecule has 0 aromatic heterocycles. The van der Waals surface area contributed by atoms with Gasteiger partial charge in [-0.3, -0.25) is 0 Å². The number of nitrogens with zero attached hydrogens (tertiary/aromatic N) is 1. The molecule has 0 aliphatic rings. The minimum atomic E-state index is -1.02. The lowest BCUT2D eigenvalue weighted by molar-refractivity contribution is 0.0751. The summed E-state index contributed by atoms with van der Waals surface area (Å²) in [7, 11) is 0. The van der Waals surface area contributed by atoms with E-state index in [0.717, 1.165) is 12.1 Å². The molecule has 2 aromatic carbocycles. The van der Waals surface area contributed by atoms with E-state index in [1.54, 1.807) is 6.07 Å². The highest BCUT2D eigenvalue weighted by molar-refractivity contribution is 14.1. The van der Waals surface area contributed by atoms with Crippen molar-refractivity contribution >= 4 is 39.9 Å². The number of anilines is 2. The Kier molecular flexibility index (Phi) is 7.46. The smallest absolute Gasteiger partial charge is 0.492 e. The van der Waals surface area contributed by atoms with Crippen LogP contribution in [0, 0.1) is 21.8 Å². The maximum Gasteiger partial charge on any atom is 0.552 e. The Morgan fingerprint density at radius 1 is 1.30 bits per heavy atom. The Hall–Kier alpha value is -2.29. The fraction of sp³-hybridized carbons (Fsp3) is 0.222. The molecule has 0 saturated carbocycles. The summed E-state index contributed by atoms with van der Waals surface area (Å²) in [5, 5.41) is 20.8. The average molecular weight is 489 g/mol. The Balaban J connectivity index is 2.40. The number of amides is 1. The van der Waals surface area contributed by atoms with Crippen LogP contribution in [-0.4, -0.2) is 35.4 Å². The van der Waals surface area contributed by atoms with Crippen molar-refractivity contribution in [1.29, 1.82) is 0 Å². The second kappa shape index (κ2) is 9.59. The van der Waals surface area contributed by atoms with Gasteiger partial charge in [-0.05, 0) is 46.9 Å². The monoisotopic (exact) mass is 489 g/mol. The molecule has 0 spiro atoms. The number of hydrogen-bond donors (Lipinski definition) is 3. The summed E-state index contributed by atoms with van der Waals surface area (Å²) in [4.78, 5) is 15.2. The molecule has 0 aliphatic carbocycles. The minimum absolute atomic E-state index is 0.0220. The maximum absolute atomic E-state index is 14.1. The number of ether oxygens (including phenoxy) is 1. The lowest BCUT2D eigenvalue weighted by Crippen LogP contribution is -2.16. The summed E-state index contributed by atoms with van der Waals surface area (Å²) in [6.07, 6.45) is -0.968. The van der Waals surface area contributed by atoms with Gasteiger partial charge in [0.1, 0.15) is 17.4 Å². The summed E-state index contributed by atoms with van der Waals surface area (Å²) in [6, 6.07) is 6.29. The van der Waals surface area contributed by atoms with Gasteiger partial charge in [-0.25, -0.2) is 8.78 Å². The Bertz CT molecular complexity index is 886. The molecular formula is C18H16F2IN2O4+. The molecule has 0 saturated heterocycles. The van der Waals surface area contributed by atoms with Crippen LogP contribution < -0.4 is 10.1 Å². The number of rotatable bonds is 8. The third-order valence-corrected chi connectivity index (χ3v) is 4.19. The second-order valence-corrected chi connectivity index (χ2v) is 6.73. The van der Waals surface area contributed by atoms with Gasteiger partial charge >= 0.3 is 5.91 Å². The zero-order valence-corrected chi connectivity index (χ0v) is 16.1. The number of hydrogen-bond acceptors (Lipinski definition) is 5. The van der Waals surface area contributed by atoms with Gasteiger partial charge in [0.05, 0.1) is 30.7 Å². The van der Waals surface area contributed by atoms with Crippen LogP contribution in [0.1, 0.15) is 16.8 Å². The molecule has 0 aliphatic heterocycles. The van der Waals surface area contributed by atoms with Gasteiger partial charge in [0, 0.05) is 20.9 Å². The SMILES string of the molecule is C#[N+]C(=O)c1c(Nc2ccc(I)cc2F)cc(F)cc1OCCC(O)CO. The largest absolute Gasteiger partial charge is 0.552 e. The normalized spacial score (nSPS) is 11.6. The molecule has 142 valence electrons. The van der Waals surface area contributed by atoms with Gasteiger partial charge in [-0.15, -0.1) is 0 Å². The van der Waals surface area contributed by atoms with Gasteiger partial charge in [-0.1, -0.05) is 0 Å². The highest BCUT2D eigenvalue weighted by Gasteiger charge is 2.27. The third kappa shape index (κ3) is 5.59. The first-order chi connectivity index (χ1) is 12.8. The van der Waals surface area contributed by atoms with E-state index in [9.17, 15) is 18.7 Å². The fourth-order valence-electron chi connectivity index (χ4n) is 2.21. The van der Waals surface area contributed by atoms with Crippen molar-refractivity contribution in [3.05, 3.63) is 55.9 Å². The number of nitrogens with one attached hydrogen (secondary N) is 1. The lowest BCUT2D eigenvalue weighted by atomic mass is 10.1. The van der Waals surface area contributed by atoms with E-state index >= 15 is 0 Å². The van der Waals surface area contributed by atoms with Crippen LogP contribution in [0.25, 0.3) is 4.85 Å². The van der Waals surface area contributed by atoms with Crippen LogP contribution in [0.5, 0.6) is 5.75 Å². The molecule has 9 heteroatoms. The number of carbonyl (C=O) groups is 1. The maximum atomic E-state index is 14.1. The van der Waals surface area contributed by atoms with Crippen molar-refractivity contribution < 1.29 is 28.5 Å². The Labute approximate surface area is 167 Å². The van der Waals surface area contributed by atoms with Gasteiger partial charge in [-0.2, -0.15) is 4.79 Å². The first kappa shape index (κ1) is 21.0. The van der Waals surface area contributed by atoms with Gasteiger partial charge < -0.3 is 20.3 Å². The third-order valence-electron chi connectivity index (χ3n) is 3.52. The molecule has 0 radical (unpaired) electrons. The van der Waals surface area contributed by atoms with Crippen LogP contribution >= 0.6 is 22.6 Å². The summed E-state index contributed by atoms with van der Waals surface area (Å²) >= 11 is 1.94. The van der Waals surface area contributed by atoms with Crippen molar-refractivity contribution in [2.45, 2.75) is 12.5 Å². The van der Waals surface area contributed by atoms with Crippen LogP contribution in [-0.2, 0) is 0 Å². The Morgan fingerprint density at radius 2 is 2.04 bits per heavy atom. The Morgan fingerprint density at radius 3 is 2.67 bits per heavy atom. The van der Waals surface area contributed by atoms with E-state index in [2.05, 4.69) is 10.2 Å². The highest BCUT2D eigenvalue weighted by atomic mass is 127. The van der Waals surface area contributed by atoms with E-state index in [-0.39, 0.29) is 35.7 Å². The van der Waals surface area contributed by atoms with E-state index in [1.807, 2.05) is 22.6 Å². The highest BCUT2D eigenvalue weighted by Crippen LogP contribution is 2.32. The van der Waals surface area contributed by atoms with Crippen LogP contribution in [0.15, 0.2) is 30.3 Å². The summed E-state index contributed by atoms with van der Waals surface area (Å²) in [6.45, 7) is 4.50. The topological polar surface area (TPSA) is 83.2 Å². The van der Waals surface area contributed by atoms with Crippen LogP contribution in [0.3, 0.4) is 0 Å². The van der Waals surface area contributed by atoms with Gasteiger partial charge in [0.15, 0.2) is 5.56 Å². The average Bonchev–Trinajstić information content (AvgIpc) is 2.63. The second-order valence-electron chi connectivity index (χ2n) is 5.48. The van der Waals surface area contributed by atoms with E-state index in [4.69, 9.17) is 16.4 Å². The predicted octanol–water partition coefficient (Wildman–Crippen LogP) is 3.54. The standard InChI is InChI=1S/C18H15F2IN2O4/c1-22-18(26)17-15(23-14-3-2-11(21)8-13(14)20)6-10(19)7-16(17)27-5-4-12(25)9-24/h1-3,6-8,12,24-25H,4-5,9H2/p+1. The fourth-order valence-corrected chi connectivity index (χ4v) is 2.66. The van der Waals surface area contributed by atoms with Crippen molar-refractivity contribution in [3.63, 3.8) is 0 Å². The molecular weight excluding hydrogens is 473 g/mol. The summed E-state index contributed by atoms with van der Waals surface area (Å²) < 4.78 is 34.1. The lowest BCUT2D eigenvalue weighted by Gasteiger charge is -2.14. The number of halogens is 3. The van der Waals surface area contributed by atoms with E-state index in [1.165, 1.54) is 12.1 Å². The molecule has 1 atom stereocenters. The first-order valence-corrected chi connectivity index (χ1v) is 8.86. The molecule has 0 fully saturated rings. The van der Waals surface area contributed by atoms with Crippen molar-refractivity contribution in [2.75, 3.05) is 18.5 Å². The van der Waals surface area contributed by atoms with E-state index < -0.39 is 30.3 Å². The van der Waals surface area contributed by atoms with Crippen molar-refractivity contribution in [3.8, 4) is 12.3 Å².